The Bertz CT molecular complexity index is 890. The number of rotatable bonds is 4. The second kappa shape index (κ2) is 8.35. The summed E-state index contributed by atoms with van der Waals surface area (Å²) in [6, 6.07) is 8.79. The number of hydrogen-bond acceptors (Lipinski definition) is 6. The van der Waals surface area contributed by atoms with Gasteiger partial charge in [0.25, 0.3) is 0 Å². The Morgan fingerprint density at radius 2 is 1.93 bits per heavy atom. The number of piperazine rings is 1. The van der Waals surface area contributed by atoms with Crippen LogP contribution < -0.4 is 4.90 Å². The lowest BCUT2D eigenvalue weighted by atomic mass is 10.2. The third kappa shape index (κ3) is 4.37. The van der Waals surface area contributed by atoms with Crippen LogP contribution in [-0.4, -0.2) is 52.7 Å². The minimum Gasteiger partial charge on any atom is -0.366 e. The summed E-state index contributed by atoms with van der Waals surface area (Å²) >= 11 is 1.26. The largest absolute Gasteiger partial charge is 0.366 e. The van der Waals surface area contributed by atoms with Crippen molar-refractivity contribution in [3.05, 3.63) is 47.2 Å². The standard InChI is InChI=1S/C19H20FN5OS/c1-13-15(11-21)19(23-14(2)22-13)27-12-18(26)25-9-7-24(8-10-25)17-6-4-3-5-16(17)20/h3-6H,7-10,12H2,1-2H3. The molecule has 27 heavy (non-hydrogen) atoms. The minimum absolute atomic E-state index is 0.00834. The van der Waals surface area contributed by atoms with Crippen molar-refractivity contribution in [3.63, 3.8) is 0 Å². The Morgan fingerprint density at radius 1 is 1.22 bits per heavy atom. The number of nitriles is 1. The highest BCUT2D eigenvalue weighted by Gasteiger charge is 2.23. The van der Waals surface area contributed by atoms with Gasteiger partial charge in [0.2, 0.25) is 5.91 Å². The van der Waals surface area contributed by atoms with E-state index in [0.717, 1.165) is 0 Å². The van der Waals surface area contributed by atoms with Gasteiger partial charge in [-0.05, 0) is 26.0 Å². The van der Waals surface area contributed by atoms with Crippen LogP contribution in [0.3, 0.4) is 0 Å². The predicted octanol–water partition coefficient (Wildman–Crippen LogP) is 2.55. The molecule has 1 aromatic heterocycles. The first-order valence-electron chi connectivity index (χ1n) is 8.65. The van der Waals surface area contributed by atoms with Crippen LogP contribution in [0, 0.1) is 31.0 Å². The zero-order valence-corrected chi connectivity index (χ0v) is 16.1. The van der Waals surface area contributed by atoms with E-state index in [1.165, 1.54) is 17.8 Å². The Kier molecular flexibility index (Phi) is 5.91. The van der Waals surface area contributed by atoms with Crippen molar-refractivity contribution in [3.8, 4) is 6.07 Å². The van der Waals surface area contributed by atoms with Gasteiger partial charge in [-0.1, -0.05) is 23.9 Å². The summed E-state index contributed by atoms with van der Waals surface area (Å²) in [7, 11) is 0. The summed E-state index contributed by atoms with van der Waals surface area (Å²) in [5, 5.41) is 9.83. The maximum absolute atomic E-state index is 13.9. The van der Waals surface area contributed by atoms with Crippen molar-refractivity contribution in [1.82, 2.24) is 14.9 Å². The molecule has 0 N–H and O–H groups in total. The number of hydrogen-bond donors (Lipinski definition) is 0. The smallest absolute Gasteiger partial charge is 0.233 e. The number of amides is 1. The van der Waals surface area contributed by atoms with Gasteiger partial charge in [0, 0.05) is 26.2 Å². The van der Waals surface area contributed by atoms with Gasteiger partial charge in [-0.3, -0.25) is 4.79 Å². The van der Waals surface area contributed by atoms with E-state index in [1.54, 1.807) is 30.9 Å². The van der Waals surface area contributed by atoms with Crippen molar-refractivity contribution in [1.29, 1.82) is 5.26 Å². The molecular formula is C19H20FN5OS. The molecule has 2 heterocycles. The Labute approximate surface area is 162 Å². The molecule has 6 nitrogen and oxygen atoms in total. The lowest BCUT2D eigenvalue weighted by molar-refractivity contribution is -0.128. The highest BCUT2D eigenvalue weighted by Crippen LogP contribution is 2.24. The molecule has 1 fully saturated rings. The summed E-state index contributed by atoms with van der Waals surface area (Å²) < 4.78 is 13.9. The minimum atomic E-state index is -0.244. The zero-order chi connectivity index (χ0) is 19.4. The van der Waals surface area contributed by atoms with E-state index in [1.807, 2.05) is 11.0 Å². The first-order chi connectivity index (χ1) is 13.0. The lowest BCUT2D eigenvalue weighted by Crippen LogP contribution is -2.49. The molecule has 0 spiro atoms. The fraction of sp³-hybridized carbons (Fsp3) is 0.368. The molecule has 1 aliphatic heterocycles. The zero-order valence-electron chi connectivity index (χ0n) is 15.3. The van der Waals surface area contributed by atoms with Crippen LogP contribution in [0.5, 0.6) is 0 Å². The Hall–Kier alpha value is -2.66. The fourth-order valence-electron chi connectivity index (χ4n) is 3.04. The molecule has 0 saturated carbocycles. The Morgan fingerprint density at radius 3 is 2.59 bits per heavy atom. The quantitative estimate of drug-likeness (QED) is 0.595. The summed E-state index contributed by atoms with van der Waals surface area (Å²) in [6.45, 7) is 5.80. The van der Waals surface area contributed by atoms with Gasteiger partial charge < -0.3 is 9.80 Å². The molecule has 2 aromatic rings. The lowest BCUT2D eigenvalue weighted by Gasteiger charge is -2.36. The van der Waals surface area contributed by atoms with Crippen molar-refractivity contribution in [2.45, 2.75) is 18.9 Å². The molecule has 8 heteroatoms. The van der Waals surface area contributed by atoms with Gasteiger partial charge >= 0.3 is 0 Å². The van der Waals surface area contributed by atoms with Crippen LogP contribution in [0.4, 0.5) is 10.1 Å². The van der Waals surface area contributed by atoms with Crippen molar-refractivity contribution in [2.24, 2.45) is 0 Å². The van der Waals surface area contributed by atoms with Crippen LogP contribution >= 0.6 is 11.8 Å². The van der Waals surface area contributed by atoms with Crippen molar-refractivity contribution in [2.75, 3.05) is 36.8 Å². The summed E-state index contributed by atoms with van der Waals surface area (Å²) in [5.74, 6) is 0.543. The number of carbonyl (C=O) groups excluding carboxylic acids is 1. The molecule has 0 aliphatic carbocycles. The van der Waals surface area contributed by atoms with E-state index >= 15 is 0 Å². The number of benzene rings is 1. The fourth-order valence-corrected chi connectivity index (χ4v) is 4.02. The number of para-hydroxylation sites is 1. The summed E-state index contributed by atoms with van der Waals surface area (Å²) in [5.41, 5.74) is 1.62. The summed E-state index contributed by atoms with van der Waals surface area (Å²) in [6.07, 6.45) is 0. The van der Waals surface area contributed by atoms with Crippen molar-refractivity contribution >= 4 is 23.4 Å². The molecule has 1 saturated heterocycles. The predicted molar refractivity (Wildman–Crippen MR) is 102 cm³/mol. The maximum Gasteiger partial charge on any atom is 0.233 e. The maximum atomic E-state index is 13.9. The number of aromatic nitrogens is 2. The van der Waals surface area contributed by atoms with E-state index in [4.69, 9.17) is 0 Å². The van der Waals surface area contributed by atoms with Gasteiger partial charge in [0.05, 0.1) is 17.1 Å². The van der Waals surface area contributed by atoms with Gasteiger partial charge in [0.15, 0.2) is 0 Å². The highest BCUT2D eigenvalue weighted by molar-refractivity contribution is 8.00. The molecule has 1 aromatic carbocycles. The highest BCUT2D eigenvalue weighted by atomic mass is 32.2. The molecule has 0 radical (unpaired) electrons. The second-order valence-corrected chi connectivity index (χ2v) is 7.22. The van der Waals surface area contributed by atoms with Gasteiger partial charge in [0.1, 0.15) is 28.3 Å². The molecule has 1 amide bonds. The van der Waals surface area contributed by atoms with Gasteiger partial charge in [-0.2, -0.15) is 5.26 Å². The normalized spacial score (nSPS) is 14.1. The SMILES string of the molecule is Cc1nc(C)c(C#N)c(SCC(=O)N2CCN(c3ccccc3F)CC2)n1. The van der Waals surface area contributed by atoms with E-state index in [2.05, 4.69) is 16.0 Å². The Balaban J connectivity index is 1.58. The van der Waals surface area contributed by atoms with Gasteiger partial charge in [-0.15, -0.1) is 0 Å². The average Bonchev–Trinajstić information content (AvgIpc) is 2.66. The monoisotopic (exact) mass is 385 g/mol. The molecule has 1 aliphatic rings. The van der Waals surface area contributed by atoms with Crippen LogP contribution in [0.15, 0.2) is 29.3 Å². The first kappa shape index (κ1) is 19.1. The van der Waals surface area contributed by atoms with Crippen LogP contribution in [0.25, 0.3) is 0 Å². The van der Waals surface area contributed by atoms with E-state index in [9.17, 15) is 14.4 Å². The second-order valence-electron chi connectivity index (χ2n) is 6.26. The summed E-state index contributed by atoms with van der Waals surface area (Å²) in [4.78, 5) is 24.7. The molecular weight excluding hydrogens is 365 g/mol. The van der Waals surface area contributed by atoms with E-state index in [-0.39, 0.29) is 17.5 Å². The van der Waals surface area contributed by atoms with Crippen LogP contribution in [0.2, 0.25) is 0 Å². The number of thioether (sulfide) groups is 1. The molecule has 3 rings (SSSR count). The molecule has 140 valence electrons. The van der Waals surface area contributed by atoms with Crippen LogP contribution in [-0.2, 0) is 4.79 Å². The number of carbonyl (C=O) groups is 1. The van der Waals surface area contributed by atoms with Crippen molar-refractivity contribution < 1.29 is 9.18 Å². The number of halogens is 1. The molecule has 0 unspecified atom stereocenters. The number of aryl methyl sites for hydroxylation is 2. The number of nitrogens with zero attached hydrogens (tertiary/aromatic N) is 5. The first-order valence-corrected chi connectivity index (χ1v) is 9.63. The van der Waals surface area contributed by atoms with E-state index < -0.39 is 0 Å². The third-order valence-corrected chi connectivity index (χ3v) is 5.40. The van der Waals surface area contributed by atoms with E-state index in [0.29, 0.717) is 54.0 Å². The third-order valence-electron chi connectivity index (χ3n) is 4.44. The molecule has 0 atom stereocenters. The van der Waals surface area contributed by atoms with Gasteiger partial charge in [-0.25, -0.2) is 14.4 Å². The average molecular weight is 385 g/mol. The molecule has 0 bridgehead atoms. The topological polar surface area (TPSA) is 73.1 Å². The van der Waals surface area contributed by atoms with Crippen LogP contribution in [0.1, 0.15) is 17.1 Å². The number of anilines is 1.